The van der Waals surface area contributed by atoms with Gasteiger partial charge in [0.1, 0.15) is 65.6 Å². The van der Waals surface area contributed by atoms with E-state index in [0.717, 1.165) is 114 Å². The van der Waals surface area contributed by atoms with Crippen LogP contribution in [0, 0.1) is 25.6 Å². The molecule has 5 aromatic rings. The second-order valence-electron chi connectivity index (χ2n) is 16.8. The molecule has 1 aliphatic heterocycles. The average Bonchev–Trinajstić information content (AvgIpc) is 1.67. The van der Waals surface area contributed by atoms with Crippen LogP contribution in [0.5, 0.6) is 17.2 Å². The van der Waals surface area contributed by atoms with Crippen LogP contribution < -0.4 is 36.0 Å². The van der Waals surface area contributed by atoms with Gasteiger partial charge < -0.3 is 67.7 Å². The van der Waals surface area contributed by atoms with Gasteiger partial charge >= 0.3 is 10.0 Å². The van der Waals surface area contributed by atoms with Crippen molar-refractivity contribution in [3.05, 3.63) is 162 Å². The van der Waals surface area contributed by atoms with Crippen LogP contribution in [0.1, 0.15) is 45.2 Å². The van der Waals surface area contributed by atoms with E-state index in [1.165, 1.54) is 42.7 Å². The van der Waals surface area contributed by atoms with Gasteiger partial charge in [0.25, 0.3) is 0 Å². The average molecular weight is 1270 g/mol. The van der Waals surface area contributed by atoms with E-state index in [0.29, 0.717) is 4.90 Å². The number of phenols is 3. The number of nitrogens with zero attached hydrogens (tertiary/aromatic N) is 13. The molecule has 2 aromatic heterocycles. The smallest absolute Gasteiger partial charge is 0.319 e. The first-order chi connectivity index (χ1) is 39.3. The fourth-order valence-corrected chi connectivity index (χ4v) is 9.00. The second kappa shape index (κ2) is 33.3. The fraction of sp³-hybridized carbons (Fsp3) is 0.196. The van der Waals surface area contributed by atoms with E-state index in [-0.39, 0.29) is 105 Å². The minimum Gasteiger partial charge on any atom is -0.508 e. The minimum absolute atomic E-state index is 0. The number of hydrazone groups is 1. The number of benzene rings is 3. The van der Waals surface area contributed by atoms with Crippen LogP contribution in [0.4, 0.5) is 27.1 Å². The van der Waals surface area contributed by atoms with Crippen LogP contribution in [0.15, 0.2) is 162 Å². The Morgan fingerprint density at radius 2 is 1.32 bits per heavy atom. The molecule has 1 atom stereocenters. The Morgan fingerprint density at radius 3 is 1.73 bits per heavy atom. The topological polar surface area (TPSA) is 484 Å². The molecule has 3 heterocycles. The number of nitrogens with one attached hydrogen (secondary N) is 1. The third-order valence-electron chi connectivity index (χ3n) is 11.5. The molecule has 34 heteroatoms. The van der Waals surface area contributed by atoms with Crippen LogP contribution in [0.3, 0.4) is 0 Å². The number of aliphatic hydroxyl groups is 2. The van der Waals surface area contributed by atoms with Crippen molar-refractivity contribution in [3.8, 4) is 17.2 Å². The van der Waals surface area contributed by atoms with Gasteiger partial charge in [-0.05, 0) is 94.0 Å². The zero-order valence-electron chi connectivity index (χ0n) is 45.8. The number of aliphatic hydroxyl groups excluding tert-OH is 2. The van der Waals surface area contributed by atoms with E-state index in [4.69, 9.17) is 15.6 Å². The largest absolute Gasteiger partial charge is 0.508 e. The maximum Gasteiger partial charge on any atom is 0.319 e. The Bertz CT molecular complexity index is 3730. The van der Waals surface area contributed by atoms with Gasteiger partial charge in [-0.1, -0.05) is 29.6 Å². The number of thiazole rings is 2. The second-order valence-corrected chi connectivity index (χ2v) is 20.8. The van der Waals surface area contributed by atoms with Crippen LogP contribution in [0.2, 0.25) is 0 Å². The number of phenolic OH excluding ortho intramolecular Hbond substituents is 3. The van der Waals surface area contributed by atoms with Gasteiger partial charge in [0.2, 0.25) is 5.69 Å². The molecule has 2 aliphatic carbocycles. The number of nitrogens with two attached hydrogens (primary N) is 2. The predicted octanol–water partition coefficient (Wildman–Crippen LogP) is 5.46. The van der Waals surface area contributed by atoms with Gasteiger partial charge in [0.15, 0.2) is 27.1 Å². The first-order valence-electron chi connectivity index (χ1n) is 23.9. The summed E-state index contributed by atoms with van der Waals surface area (Å²) in [6.07, 6.45) is 17.0. The summed E-state index contributed by atoms with van der Waals surface area (Å²) in [5.41, 5.74) is 9.54. The number of anilines is 1. The van der Waals surface area contributed by atoms with Gasteiger partial charge in [-0.15, -0.1) is 10.2 Å². The molecule has 0 saturated carbocycles. The number of aromatic hydroxyl groups is 3. The number of azo groups is 1. The van der Waals surface area contributed by atoms with E-state index < -0.39 is 19.7 Å². The molecule has 0 spiro atoms. The molecule has 0 fully saturated rings. The van der Waals surface area contributed by atoms with Crippen molar-refractivity contribution in [1.29, 1.82) is 5.41 Å². The Morgan fingerprint density at radius 1 is 0.788 bits per heavy atom. The molecule has 453 valence electrons. The monoisotopic (exact) mass is 1270 g/mol. The summed E-state index contributed by atoms with van der Waals surface area (Å²) in [5.74, 6) is 3.20. The van der Waals surface area contributed by atoms with Crippen molar-refractivity contribution in [2.24, 2.45) is 47.3 Å². The number of hydrogen-bond donors (Lipinski definition) is 8. The Balaban J connectivity index is 0.000000396. The number of allylic oxidation sites excluding steroid dienone is 7. The summed E-state index contributed by atoms with van der Waals surface area (Å²) in [6, 6.07) is 15.1. The fourth-order valence-electron chi connectivity index (χ4n) is 7.24. The number of aromatic nitrogens is 2. The van der Waals surface area contributed by atoms with E-state index in [1.54, 1.807) is 6.07 Å². The predicted molar refractivity (Wildman–Crippen MR) is 317 cm³/mol. The summed E-state index contributed by atoms with van der Waals surface area (Å²) in [4.78, 5) is 51.5. The molecule has 8 rings (SSSR count). The molecule has 1 radical (unpaired) electrons. The van der Waals surface area contributed by atoms with Gasteiger partial charge in [0, 0.05) is 111 Å². The van der Waals surface area contributed by atoms with Crippen molar-refractivity contribution in [2.45, 2.75) is 44.4 Å². The van der Waals surface area contributed by atoms with E-state index in [2.05, 4.69) is 94.5 Å². The number of hydrogen-bond acceptors (Lipinski definition) is 24. The SMILES string of the molecule is CCN(CC)c1ccc(/C=C/C2=[N+](C)c3ccc(S(C)(=O)=O)cc3C2(C)CC)c(O)c1.N/C=N\N.N=CN=Nc1ccc(O)cc1O.O.O=C1C=CC(=NN=c2[n-]cc([N+](=O)[O-])s2)C(O)=C1.O=C1C=CC(=NN=c2[n-]cc([N+](=O)[O-])s2)C(O)=C1.[Co]. The number of carbonyl (C=O) groups is 2. The van der Waals surface area contributed by atoms with E-state index in [9.17, 15) is 53.6 Å². The zero-order valence-corrected chi connectivity index (χ0v) is 49.3. The van der Waals surface area contributed by atoms with Crippen LogP contribution >= 0.6 is 22.7 Å². The molecule has 12 N–H and O–H groups in total. The van der Waals surface area contributed by atoms with Crippen LogP contribution in [-0.4, -0.2) is 122 Å². The first-order valence-corrected chi connectivity index (χ1v) is 27.5. The molecule has 0 bridgehead atoms. The number of rotatable bonds is 13. The number of fused-ring (bicyclic) bond motifs is 1. The van der Waals surface area contributed by atoms with E-state index in [1.807, 2.05) is 49.5 Å². The van der Waals surface area contributed by atoms with Crippen molar-refractivity contribution in [1.82, 2.24) is 9.97 Å². The van der Waals surface area contributed by atoms with E-state index >= 15 is 0 Å². The molecular formula is C51H57CoN16O14S3-. The number of sulfone groups is 1. The summed E-state index contributed by atoms with van der Waals surface area (Å²) >= 11 is 1.51. The minimum atomic E-state index is -3.28. The zero-order chi connectivity index (χ0) is 61.6. The van der Waals surface area contributed by atoms with Crippen LogP contribution in [-0.2, 0) is 41.6 Å². The van der Waals surface area contributed by atoms with Gasteiger partial charge in [-0.3, -0.25) is 45.4 Å². The maximum absolute atomic E-state index is 12.1. The summed E-state index contributed by atoms with van der Waals surface area (Å²) in [6.45, 7) is 10.2. The molecule has 3 aromatic carbocycles. The Kier molecular flexibility index (Phi) is 27.9. The van der Waals surface area contributed by atoms with Gasteiger partial charge in [0.05, 0.1) is 20.2 Å². The Hall–Kier alpha value is -9.87. The van der Waals surface area contributed by atoms with Crippen molar-refractivity contribution >= 4 is 107 Å². The molecule has 0 saturated heterocycles. The summed E-state index contributed by atoms with van der Waals surface area (Å²) < 4.78 is 26.3. The summed E-state index contributed by atoms with van der Waals surface area (Å²) in [7, 11) is -1.27. The molecule has 0 amide bonds. The molecule has 85 heavy (non-hydrogen) atoms. The normalized spacial score (nSPS) is 16.4. The van der Waals surface area contributed by atoms with Crippen molar-refractivity contribution in [2.75, 3.05) is 31.3 Å². The number of ketones is 2. The third kappa shape index (κ3) is 20.2. The van der Waals surface area contributed by atoms with Gasteiger partial charge in [-0.2, -0.15) is 9.68 Å². The third-order valence-corrected chi connectivity index (χ3v) is 14.3. The molecule has 1 unspecified atom stereocenters. The van der Waals surface area contributed by atoms with Gasteiger partial charge in [-0.25, -0.2) is 8.42 Å². The number of nitro groups is 2. The Labute approximate surface area is 502 Å². The molecular weight excluding hydrogens is 1220 g/mol. The first kappa shape index (κ1) is 71.2. The maximum atomic E-state index is 12.1. The quantitative estimate of drug-likeness (QED) is 0.0106. The number of carbonyl (C=O) groups excluding carboxylic acids is 2. The summed E-state index contributed by atoms with van der Waals surface area (Å²) in [5, 5.41) is 98.6. The van der Waals surface area contributed by atoms with Crippen molar-refractivity contribution < 1.29 is 80.2 Å². The standard InChI is InChI=1S/C25H32N2O3S.2C9H6N4O4S.C7H7N3O2.CH5N3.Co.H2O/c1-7-25(4)21-17-20(31(6,29)30)13-14-22(21)26(5)24(25)15-11-18-10-12-19(16-23(18)28)27(8-2)9-3;2*14-5-1-2-6(7(15)3-5)11-12-9-10-4-8(18-9)13(16)17;8-4-9-10-6-2-1-5(11)3-7(6)12;2-1-4-3;;/h10-17H,7-9H2,1-6H3;2*1-4H,(H2,10,12,14,15);1-4,8,11-12H;1H,3H2,(H2,2,4);;1H2/p-1. The van der Waals surface area contributed by atoms with Crippen molar-refractivity contribution in [3.63, 3.8) is 0 Å². The molecule has 3 aliphatic rings. The van der Waals surface area contributed by atoms with Crippen LogP contribution in [0.25, 0.3) is 6.08 Å². The molecule has 30 nitrogen and oxygen atoms in total.